The van der Waals surface area contributed by atoms with Gasteiger partial charge in [-0.05, 0) is 13.3 Å². The second kappa shape index (κ2) is 8.52. The molecule has 0 amide bonds. The van der Waals surface area contributed by atoms with Crippen LogP contribution in [0.3, 0.4) is 0 Å². The molecule has 0 aromatic rings. The van der Waals surface area contributed by atoms with E-state index in [1.807, 2.05) is 6.08 Å². The van der Waals surface area contributed by atoms with Crippen LogP contribution in [0.1, 0.15) is 13.3 Å². The van der Waals surface area contributed by atoms with E-state index in [2.05, 4.69) is 16.1 Å². The first-order chi connectivity index (χ1) is 8.04. The lowest BCUT2D eigenvalue weighted by Crippen LogP contribution is -2.01. The molecule has 0 radical (unpaired) electrons. The largest absolute Gasteiger partial charge is 0.466 e. The second-order valence-electron chi connectivity index (χ2n) is 3.30. The summed E-state index contributed by atoms with van der Waals surface area (Å²) in [5.41, 5.74) is 0.656. The summed E-state index contributed by atoms with van der Waals surface area (Å²) in [7, 11) is 2.69. The van der Waals surface area contributed by atoms with Crippen molar-refractivity contribution in [1.29, 1.82) is 0 Å². The van der Waals surface area contributed by atoms with Gasteiger partial charge in [0.2, 0.25) is 0 Å². The van der Waals surface area contributed by atoms with Gasteiger partial charge in [0.05, 0.1) is 26.9 Å². The Morgan fingerprint density at radius 3 is 2.29 bits per heavy atom. The minimum Gasteiger partial charge on any atom is -0.466 e. The molecule has 0 aromatic heterocycles. The number of hydrogen-bond acceptors (Lipinski definition) is 5. The predicted molar refractivity (Wildman–Crippen MR) is 62.3 cm³/mol. The Morgan fingerprint density at radius 1 is 1.41 bits per heavy atom. The van der Waals surface area contributed by atoms with Crippen LogP contribution in [0.4, 0.5) is 0 Å². The molecule has 0 bridgehead atoms. The van der Waals surface area contributed by atoms with E-state index in [1.165, 1.54) is 14.2 Å². The first kappa shape index (κ1) is 15.4. The Bertz CT molecular complexity index is 302. The number of carbonyl (C=O) groups excluding carboxylic acids is 2. The van der Waals surface area contributed by atoms with Gasteiger partial charge in [-0.25, -0.2) is 9.59 Å². The maximum atomic E-state index is 10.8. The number of rotatable bonds is 4. The van der Waals surface area contributed by atoms with Crippen molar-refractivity contribution in [3.63, 3.8) is 0 Å². The molecule has 0 spiro atoms. The molecule has 1 saturated heterocycles. The van der Waals surface area contributed by atoms with Crippen LogP contribution >= 0.6 is 0 Å². The van der Waals surface area contributed by atoms with Gasteiger partial charge in [-0.3, -0.25) is 0 Å². The molecule has 1 fully saturated rings. The number of epoxide rings is 1. The summed E-state index contributed by atoms with van der Waals surface area (Å²) in [6.07, 6.45) is 4.12. The Labute approximate surface area is 101 Å². The van der Waals surface area contributed by atoms with Crippen LogP contribution in [0.5, 0.6) is 0 Å². The highest BCUT2D eigenvalue weighted by molar-refractivity contribution is 5.87. The smallest absolute Gasteiger partial charge is 0.333 e. The van der Waals surface area contributed by atoms with Crippen LogP contribution in [-0.4, -0.2) is 38.9 Å². The standard InChI is InChI=1S/C8H12O3.C4H6O2/c1-6(8(9)10-2)3-4-7-5-11-7;1-3-4(5)6-2/h3,7H,4-5H2,1-2H3;3H,1H2,2H3. The first-order valence-electron chi connectivity index (χ1n) is 5.12. The SMILES string of the molecule is C=CC(=O)OC.COC(=O)C(C)=CCC1CO1. The molecular weight excluding hydrogens is 224 g/mol. The quantitative estimate of drug-likeness (QED) is 0.421. The molecule has 96 valence electrons. The van der Waals surface area contributed by atoms with Crippen molar-refractivity contribution in [3.05, 3.63) is 24.3 Å². The fourth-order valence-electron chi connectivity index (χ4n) is 0.840. The molecule has 1 heterocycles. The third kappa shape index (κ3) is 8.21. The Kier molecular flexibility index (Phi) is 7.71. The minimum absolute atomic E-state index is 0.259. The molecular formula is C12H18O5. The van der Waals surface area contributed by atoms with Crippen molar-refractivity contribution in [2.45, 2.75) is 19.4 Å². The zero-order valence-electron chi connectivity index (χ0n) is 10.4. The fraction of sp³-hybridized carbons (Fsp3) is 0.500. The second-order valence-corrected chi connectivity index (χ2v) is 3.30. The Balaban J connectivity index is 0.000000366. The molecule has 0 aliphatic carbocycles. The van der Waals surface area contributed by atoms with Gasteiger partial charge in [-0.1, -0.05) is 12.7 Å². The molecule has 0 N–H and O–H groups in total. The summed E-state index contributed by atoms with van der Waals surface area (Å²) in [4.78, 5) is 20.7. The number of ether oxygens (including phenoxy) is 3. The summed E-state index contributed by atoms with van der Waals surface area (Å²) >= 11 is 0. The number of esters is 2. The van der Waals surface area contributed by atoms with E-state index < -0.39 is 5.97 Å². The Hall–Kier alpha value is -1.62. The van der Waals surface area contributed by atoms with Gasteiger partial charge in [0.25, 0.3) is 0 Å². The van der Waals surface area contributed by atoms with E-state index in [0.29, 0.717) is 11.7 Å². The fourth-order valence-corrected chi connectivity index (χ4v) is 0.840. The maximum absolute atomic E-state index is 10.8. The lowest BCUT2D eigenvalue weighted by atomic mass is 10.2. The highest BCUT2D eigenvalue weighted by atomic mass is 16.6. The van der Waals surface area contributed by atoms with Gasteiger partial charge in [-0.2, -0.15) is 0 Å². The first-order valence-corrected chi connectivity index (χ1v) is 5.12. The summed E-state index contributed by atoms with van der Waals surface area (Å²) in [5, 5.41) is 0. The Morgan fingerprint density at radius 2 is 2.00 bits per heavy atom. The minimum atomic E-state index is -0.394. The van der Waals surface area contributed by atoms with E-state index in [4.69, 9.17) is 4.74 Å². The van der Waals surface area contributed by atoms with E-state index in [9.17, 15) is 9.59 Å². The van der Waals surface area contributed by atoms with Crippen molar-refractivity contribution < 1.29 is 23.8 Å². The highest BCUT2D eigenvalue weighted by Crippen LogP contribution is 2.14. The zero-order chi connectivity index (χ0) is 13.3. The van der Waals surface area contributed by atoms with Crippen LogP contribution < -0.4 is 0 Å². The van der Waals surface area contributed by atoms with Gasteiger partial charge >= 0.3 is 11.9 Å². The van der Waals surface area contributed by atoms with E-state index in [0.717, 1.165) is 19.1 Å². The average molecular weight is 242 g/mol. The van der Waals surface area contributed by atoms with Crippen LogP contribution in [0, 0.1) is 0 Å². The van der Waals surface area contributed by atoms with Gasteiger partial charge in [0.15, 0.2) is 0 Å². The van der Waals surface area contributed by atoms with Crippen molar-refractivity contribution in [2.75, 3.05) is 20.8 Å². The zero-order valence-corrected chi connectivity index (χ0v) is 10.4. The van der Waals surface area contributed by atoms with Crippen molar-refractivity contribution in [1.82, 2.24) is 0 Å². The van der Waals surface area contributed by atoms with Crippen LogP contribution in [0.25, 0.3) is 0 Å². The molecule has 5 heteroatoms. The molecule has 1 aliphatic heterocycles. The van der Waals surface area contributed by atoms with E-state index in [-0.39, 0.29) is 5.97 Å². The summed E-state index contributed by atoms with van der Waals surface area (Å²) in [6.45, 7) is 5.73. The van der Waals surface area contributed by atoms with E-state index >= 15 is 0 Å². The summed E-state index contributed by atoms with van der Waals surface area (Å²) < 4.78 is 13.6. The molecule has 1 unspecified atom stereocenters. The molecule has 0 aromatic carbocycles. The number of carbonyl (C=O) groups is 2. The molecule has 5 nitrogen and oxygen atoms in total. The maximum Gasteiger partial charge on any atom is 0.333 e. The molecule has 0 saturated carbocycles. The van der Waals surface area contributed by atoms with Crippen molar-refractivity contribution in [3.8, 4) is 0 Å². The molecule has 1 atom stereocenters. The van der Waals surface area contributed by atoms with Gasteiger partial charge in [-0.15, -0.1) is 0 Å². The number of methoxy groups -OCH3 is 2. The number of hydrogen-bond donors (Lipinski definition) is 0. The van der Waals surface area contributed by atoms with E-state index in [1.54, 1.807) is 6.92 Å². The summed E-state index contributed by atoms with van der Waals surface area (Å²) in [6, 6.07) is 0. The van der Waals surface area contributed by atoms with Gasteiger partial charge in [0.1, 0.15) is 0 Å². The third-order valence-corrected chi connectivity index (χ3v) is 1.96. The molecule has 1 aliphatic rings. The average Bonchev–Trinajstić information content (AvgIpc) is 3.18. The molecule has 17 heavy (non-hydrogen) atoms. The highest BCUT2D eigenvalue weighted by Gasteiger charge is 2.20. The van der Waals surface area contributed by atoms with Crippen LogP contribution in [0.2, 0.25) is 0 Å². The third-order valence-electron chi connectivity index (χ3n) is 1.96. The van der Waals surface area contributed by atoms with Crippen molar-refractivity contribution in [2.24, 2.45) is 0 Å². The monoisotopic (exact) mass is 242 g/mol. The van der Waals surface area contributed by atoms with Gasteiger partial charge in [0, 0.05) is 11.6 Å². The normalized spacial score (nSPS) is 17.4. The molecule has 1 rings (SSSR count). The predicted octanol–water partition coefficient (Wildman–Crippen LogP) is 1.24. The topological polar surface area (TPSA) is 65.1 Å². The lowest BCUT2D eigenvalue weighted by molar-refractivity contribution is -0.136. The summed E-state index contributed by atoms with van der Waals surface area (Å²) in [5.74, 6) is -0.652. The van der Waals surface area contributed by atoms with Gasteiger partial charge < -0.3 is 14.2 Å². The lowest BCUT2D eigenvalue weighted by Gasteiger charge is -1.96. The van der Waals surface area contributed by atoms with Crippen LogP contribution in [-0.2, 0) is 23.8 Å². The van der Waals surface area contributed by atoms with Crippen molar-refractivity contribution >= 4 is 11.9 Å². The van der Waals surface area contributed by atoms with Crippen LogP contribution in [0.15, 0.2) is 24.3 Å².